The molecule has 1 N–H and O–H groups in total. The Labute approximate surface area is 222 Å². The van der Waals surface area contributed by atoms with E-state index in [1.165, 1.54) is 0 Å². The number of amides is 2. The molecule has 3 atom stereocenters. The number of carbonyl (C=O) groups excluding carboxylic acids is 2. The van der Waals surface area contributed by atoms with Crippen LogP contribution in [0.5, 0.6) is 5.75 Å². The zero-order valence-corrected chi connectivity index (χ0v) is 22.0. The first-order valence-electron chi connectivity index (χ1n) is 13.4. The molecule has 0 spiro atoms. The van der Waals surface area contributed by atoms with Gasteiger partial charge in [-0.25, -0.2) is 0 Å². The Bertz CT molecular complexity index is 1370. The number of ether oxygens (including phenoxy) is 1. The van der Waals surface area contributed by atoms with Gasteiger partial charge in [-0.15, -0.1) is 0 Å². The monoisotopic (exact) mass is 514 g/mol. The van der Waals surface area contributed by atoms with Crippen LogP contribution in [0.15, 0.2) is 60.9 Å². The lowest BCUT2D eigenvalue weighted by Gasteiger charge is -2.61. The number of aryl methyl sites for hydroxylation is 1. The number of hydrogen-bond donors (Lipinski definition) is 1. The van der Waals surface area contributed by atoms with Crippen molar-refractivity contribution in [2.45, 2.75) is 56.2 Å². The van der Waals surface area contributed by atoms with Crippen molar-refractivity contribution in [2.75, 3.05) is 26.7 Å². The van der Waals surface area contributed by atoms with Crippen LogP contribution >= 0.6 is 0 Å². The molecular weight excluding hydrogens is 480 g/mol. The summed E-state index contributed by atoms with van der Waals surface area (Å²) < 4.78 is 7.25. The first-order chi connectivity index (χ1) is 18.3. The van der Waals surface area contributed by atoms with Gasteiger partial charge >= 0.3 is 0 Å². The fourth-order valence-electron chi connectivity index (χ4n) is 7.08. The van der Waals surface area contributed by atoms with E-state index in [2.05, 4.69) is 17.2 Å². The standard InChI is InChI=1S/C30H34N4O4/c1-21-18-31-33(19-21)20-27(35)32-13-10-29-11-15-34(28(36)22-6-4-3-5-7-22)26(30(29,37)12-14-32)16-23-8-9-24(38-2)17-25(23)29/h3-9,17-19,26,37H,10-16,20H2,1-2H3/t26-,29+,30-/m1/s1. The van der Waals surface area contributed by atoms with Gasteiger partial charge in [0.1, 0.15) is 12.3 Å². The number of aromatic nitrogens is 2. The molecule has 2 bridgehead atoms. The van der Waals surface area contributed by atoms with Gasteiger partial charge < -0.3 is 19.6 Å². The highest BCUT2D eigenvalue weighted by Crippen LogP contribution is 2.56. The molecule has 38 heavy (non-hydrogen) atoms. The minimum Gasteiger partial charge on any atom is -0.497 e. The van der Waals surface area contributed by atoms with Crippen molar-refractivity contribution in [1.29, 1.82) is 0 Å². The van der Waals surface area contributed by atoms with Crippen LogP contribution < -0.4 is 4.74 Å². The number of methoxy groups -OCH3 is 1. The molecule has 2 aromatic carbocycles. The van der Waals surface area contributed by atoms with Crippen molar-refractivity contribution in [2.24, 2.45) is 0 Å². The van der Waals surface area contributed by atoms with Gasteiger partial charge in [-0.3, -0.25) is 14.3 Å². The number of benzene rings is 2. The molecule has 0 unspecified atom stereocenters. The highest BCUT2D eigenvalue weighted by atomic mass is 16.5. The van der Waals surface area contributed by atoms with Crippen molar-refractivity contribution in [3.05, 3.63) is 83.2 Å². The molecule has 3 heterocycles. The van der Waals surface area contributed by atoms with E-state index in [0.717, 1.165) is 22.4 Å². The molecule has 8 nitrogen and oxygen atoms in total. The number of likely N-dealkylation sites (tertiary alicyclic amines) is 2. The van der Waals surface area contributed by atoms with Gasteiger partial charge in [-0.2, -0.15) is 5.10 Å². The van der Waals surface area contributed by atoms with Crippen LogP contribution in [0.2, 0.25) is 0 Å². The van der Waals surface area contributed by atoms with Crippen LogP contribution in [0.25, 0.3) is 0 Å². The lowest BCUT2D eigenvalue weighted by Crippen LogP contribution is -2.72. The third-order valence-electron chi connectivity index (χ3n) is 9.05. The van der Waals surface area contributed by atoms with Crippen molar-refractivity contribution in [1.82, 2.24) is 19.6 Å². The second kappa shape index (κ2) is 9.27. The summed E-state index contributed by atoms with van der Waals surface area (Å²) >= 11 is 0. The summed E-state index contributed by atoms with van der Waals surface area (Å²) in [5.41, 5.74) is 2.12. The average molecular weight is 515 g/mol. The van der Waals surface area contributed by atoms with Crippen LogP contribution in [0.1, 0.15) is 46.3 Å². The highest BCUT2D eigenvalue weighted by Gasteiger charge is 2.64. The van der Waals surface area contributed by atoms with E-state index in [1.54, 1.807) is 18.0 Å². The number of rotatable bonds is 4. The maximum Gasteiger partial charge on any atom is 0.254 e. The molecule has 2 amide bonds. The molecule has 2 aliphatic heterocycles. The minimum atomic E-state index is -1.17. The van der Waals surface area contributed by atoms with E-state index in [4.69, 9.17) is 4.74 Å². The van der Waals surface area contributed by atoms with Gasteiger partial charge in [0.15, 0.2) is 0 Å². The summed E-state index contributed by atoms with van der Waals surface area (Å²) in [7, 11) is 1.66. The number of hydrogen-bond acceptors (Lipinski definition) is 5. The molecule has 0 saturated carbocycles. The Kier molecular flexibility index (Phi) is 6.02. The minimum absolute atomic E-state index is 0.00984. The van der Waals surface area contributed by atoms with Crippen LogP contribution in [0.4, 0.5) is 0 Å². The smallest absolute Gasteiger partial charge is 0.254 e. The molecule has 2 saturated heterocycles. The zero-order valence-electron chi connectivity index (χ0n) is 22.0. The van der Waals surface area contributed by atoms with Crippen molar-refractivity contribution >= 4 is 11.8 Å². The van der Waals surface area contributed by atoms with E-state index < -0.39 is 11.0 Å². The quantitative estimate of drug-likeness (QED) is 0.579. The Morgan fingerprint density at radius 3 is 2.58 bits per heavy atom. The van der Waals surface area contributed by atoms with Crippen LogP contribution in [0.3, 0.4) is 0 Å². The molecule has 0 radical (unpaired) electrons. The first kappa shape index (κ1) is 24.7. The number of piperidine rings is 1. The Balaban J connectivity index is 1.38. The number of fused-ring (bicyclic) bond motifs is 1. The SMILES string of the molecule is COc1ccc2c(c1)[C@@]13CCN(C(=O)Cn4cc(C)cn4)CC[C@@]1(O)[C@@H](C2)N(C(=O)c1ccccc1)CC3. The van der Waals surface area contributed by atoms with E-state index in [-0.39, 0.29) is 24.4 Å². The van der Waals surface area contributed by atoms with Gasteiger partial charge in [-0.05, 0) is 73.6 Å². The summed E-state index contributed by atoms with van der Waals surface area (Å²) in [6.07, 6.45) is 5.83. The summed E-state index contributed by atoms with van der Waals surface area (Å²) in [6, 6.07) is 15.0. The van der Waals surface area contributed by atoms with E-state index >= 15 is 0 Å². The maximum atomic E-state index is 13.7. The van der Waals surface area contributed by atoms with Crippen molar-refractivity contribution in [3.8, 4) is 5.75 Å². The largest absolute Gasteiger partial charge is 0.497 e. The van der Waals surface area contributed by atoms with Gasteiger partial charge in [0.05, 0.1) is 24.9 Å². The Morgan fingerprint density at radius 2 is 1.84 bits per heavy atom. The van der Waals surface area contributed by atoms with Gasteiger partial charge in [0.2, 0.25) is 5.91 Å². The Hall–Kier alpha value is -3.65. The molecule has 198 valence electrons. The number of nitrogens with zero attached hydrogens (tertiary/aromatic N) is 4. The Morgan fingerprint density at radius 1 is 1.08 bits per heavy atom. The molecule has 8 heteroatoms. The lowest BCUT2D eigenvalue weighted by molar-refractivity contribution is -0.138. The topological polar surface area (TPSA) is 87.9 Å². The summed E-state index contributed by atoms with van der Waals surface area (Å²) in [6.45, 7) is 3.65. The normalized spacial score (nSPS) is 26.2. The van der Waals surface area contributed by atoms with E-state index in [1.807, 2.05) is 59.3 Å². The molecule has 2 fully saturated rings. The molecular formula is C30H34N4O4. The first-order valence-corrected chi connectivity index (χ1v) is 13.4. The second-order valence-electron chi connectivity index (χ2n) is 11.0. The van der Waals surface area contributed by atoms with Gasteiger partial charge in [0, 0.05) is 36.8 Å². The molecule has 6 rings (SSSR count). The average Bonchev–Trinajstić information content (AvgIpc) is 3.25. The van der Waals surface area contributed by atoms with Crippen molar-refractivity contribution < 1.29 is 19.4 Å². The van der Waals surface area contributed by atoms with Crippen LogP contribution in [-0.4, -0.2) is 74.9 Å². The summed E-state index contributed by atoms with van der Waals surface area (Å²) in [4.78, 5) is 30.8. The fraction of sp³-hybridized carbons (Fsp3) is 0.433. The second-order valence-corrected chi connectivity index (χ2v) is 11.0. The van der Waals surface area contributed by atoms with E-state index in [9.17, 15) is 14.7 Å². The van der Waals surface area contributed by atoms with Gasteiger partial charge in [0.25, 0.3) is 5.91 Å². The predicted molar refractivity (Wildman–Crippen MR) is 142 cm³/mol. The zero-order chi connectivity index (χ0) is 26.5. The summed E-state index contributed by atoms with van der Waals surface area (Å²) in [5, 5.41) is 17.0. The predicted octanol–water partition coefficient (Wildman–Crippen LogP) is 2.96. The highest BCUT2D eigenvalue weighted by molar-refractivity contribution is 5.94. The third kappa shape index (κ3) is 3.81. The molecule has 3 aliphatic rings. The van der Waals surface area contributed by atoms with E-state index in [0.29, 0.717) is 50.9 Å². The van der Waals surface area contributed by atoms with Crippen molar-refractivity contribution in [3.63, 3.8) is 0 Å². The van der Waals surface area contributed by atoms with Crippen LogP contribution in [0, 0.1) is 6.92 Å². The molecule has 1 aliphatic carbocycles. The van der Waals surface area contributed by atoms with Crippen LogP contribution in [-0.2, 0) is 23.2 Å². The summed E-state index contributed by atoms with van der Waals surface area (Å²) in [5.74, 6) is 0.693. The molecule has 1 aromatic heterocycles. The fourth-order valence-corrected chi connectivity index (χ4v) is 7.08. The lowest BCUT2D eigenvalue weighted by atomic mass is 9.52. The third-order valence-corrected chi connectivity index (χ3v) is 9.05. The maximum absolute atomic E-state index is 13.7. The number of carbonyl (C=O) groups is 2. The molecule has 3 aromatic rings. The number of aliphatic hydroxyl groups is 1. The van der Waals surface area contributed by atoms with Gasteiger partial charge in [-0.1, -0.05) is 24.3 Å².